The summed E-state index contributed by atoms with van der Waals surface area (Å²) in [5, 5.41) is 15.5. The number of piperidine rings is 2. The molecule has 4 N–H and O–H groups in total. The van der Waals surface area contributed by atoms with Crippen molar-refractivity contribution in [2.24, 2.45) is 0 Å². The maximum absolute atomic E-state index is 4.04. The molecule has 2 saturated heterocycles. The second-order valence-corrected chi connectivity index (χ2v) is 16.7. The van der Waals surface area contributed by atoms with Crippen molar-refractivity contribution in [2.45, 2.75) is 157 Å². The molecular formula is C26H52Br2N4. The van der Waals surface area contributed by atoms with Gasteiger partial charge in [-0.2, -0.15) is 0 Å². The minimum atomic E-state index is 0.190. The summed E-state index contributed by atoms with van der Waals surface area (Å²) in [6.07, 6.45) is 11.1. The van der Waals surface area contributed by atoms with E-state index >= 15 is 0 Å². The van der Waals surface area contributed by atoms with Gasteiger partial charge in [-0.15, -0.1) is 0 Å². The van der Waals surface area contributed by atoms with Crippen molar-refractivity contribution < 1.29 is 0 Å². The Morgan fingerprint density at radius 2 is 1.19 bits per heavy atom. The minimum absolute atomic E-state index is 0.190. The largest absolute Gasteiger partial charge is 0.314 e. The number of nitrogens with one attached hydrogen (secondary N) is 4. The van der Waals surface area contributed by atoms with Crippen LogP contribution in [0.1, 0.15) is 113 Å². The molecule has 2 rings (SSSR count). The molecule has 0 aromatic carbocycles. The van der Waals surface area contributed by atoms with Gasteiger partial charge in [0.15, 0.2) is 0 Å². The molecule has 2 aliphatic rings. The number of unbranched alkanes of at least 4 members (excludes halogenated alkanes) is 2. The van der Waals surface area contributed by atoms with Crippen molar-refractivity contribution in [3.63, 3.8) is 0 Å². The fraction of sp³-hybridized carbons (Fsp3) is 1.00. The van der Waals surface area contributed by atoms with Crippen molar-refractivity contribution in [1.29, 1.82) is 0 Å². The second kappa shape index (κ2) is 11.7. The zero-order valence-electron chi connectivity index (χ0n) is 22.1. The van der Waals surface area contributed by atoms with Crippen LogP contribution in [-0.4, -0.2) is 50.6 Å². The van der Waals surface area contributed by atoms with Crippen LogP contribution < -0.4 is 21.3 Å². The summed E-state index contributed by atoms with van der Waals surface area (Å²) >= 11 is 7.46. The lowest BCUT2D eigenvalue weighted by Crippen LogP contribution is -2.62. The van der Waals surface area contributed by atoms with Gasteiger partial charge < -0.3 is 21.3 Å². The molecule has 0 aliphatic carbocycles. The standard InChI is InChI=1S/C26H52Br2N4/c1-23(2)15-20(16-24(3,4)31-23)29-13-11-9-10-12-19(14-22(27)28)30-21-17-25(5,6)32-26(7,8)18-21/h19-22,29-32H,9-18H2,1-8H3. The Labute approximate surface area is 216 Å². The average molecular weight is 581 g/mol. The lowest BCUT2D eigenvalue weighted by atomic mass is 9.79. The Kier molecular flexibility index (Phi) is 10.6. The van der Waals surface area contributed by atoms with Crippen molar-refractivity contribution in [1.82, 2.24) is 21.3 Å². The van der Waals surface area contributed by atoms with Gasteiger partial charge in [0.1, 0.15) is 0 Å². The molecule has 0 amide bonds. The highest BCUT2D eigenvalue weighted by Crippen LogP contribution is 2.30. The van der Waals surface area contributed by atoms with Gasteiger partial charge in [-0.05, 0) is 107 Å². The van der Waals surface area contributed by atoms with Crippen LogP contribution in [0, 0.1) is 0 Å². The summed E-state index contributed by atoms with van der Waals surface area (Å²) in [6, 6.07) is 1.77. The average Bonchev–Trinajstić information content (AvgIpc) is 2.51. The first kappa shape index (κ1) is 29.0. The molecule has 2 fully saturated rings. The molecule has 0 spiro atoms. The lowest BCUT2D eigenvalue weighted by Gasteiger charge is -2.47. The molecule has 0 saturated carbocycles. The number of hydrogen-bond acceptors (Lipinski definition) is 4. The third-order valence-corrected chi connectivity index (χ3v) is 7.72. The Balaban J connectivity index is 1.72. The maximum atomic E-state index is 4.04. The number of halogens is 2. The molecule has 1 unspecified atom stereocenters. The highest BCUT2D eigenvalue weighted by Gasteiger charge is 2.39. The lowest BCUT2D eigenvalue weighted by molar-refractivity contribution is 0.137. The fourth-order valence-corrected chi connectivity index (χ4v) is 7.63. The summed E-state index contributed by atoms with van der Waals surface area (Å²) in [6.45, 7) is 19.8. The van der Waals surface area contributed by atoms with Gasteiger partial charge in [-0.3, -0.25) is 0 Å². The summed E-state index contributed by atoms with van der Waals surface area (Å²) in [5.74, 6) is 0. The van der Waals surface area contributed by atoms with Crippen molar-refractivity contribution in [3.8, 4) is 0 Å². The zero-order valence-corrected chi connectivity index (χ0v) is 25.3. The van der Waals surface area contributed by atoms with Gasteiger partial charge in [0.05, 0.1) is 3.74 Å². The fourth-order valence-electron chi connectivity index (χ4n) is 6.72. The summed E-state index contributed by atoms with van der Waals surface area (Å²) in [4.78, 5) is 0. The Hall–Kier alpha value is 0.800. The third kappa shape index (κ3) is 11.0. The topological polar surface area (TPSA) is 48.1 Å². The van der Waals surface area contributed by atoms with Gasteiger partial charge in [-0.25, -0.2) is 0 Å². The van der Waals surface area contributed by atoms with Crippen molar-refractivity contribution in [3.05, 3.63) is 0 Å². The summed E-state index contributed by atoms with van der Waals surface area (Å²) < 4.78 is 0.378. The third-order valence-electron chi connectivity index (χ3n) is 6.98. The molecule has 1 atom stereocenters. The van der Waals surface area contributed by atoms with Crippen LogP contribution in [0.4, 0.5) is 0 Å². The van der Waals surface area contributed by atoms with Crippen LogP contribution in [0.5, 0.6) is 0 Å². The highest BCUT2D eigenvalue weighted by atomic mass is 79.9. The Bertz CT molecular complexity index is 542. The normalized spacial score (nSPS) is 26.3. The monoisotopic (exact) mass is 578 g/mol. The van der Waals surface area contributed by atoms with E-state index in [1.54, 1.807) is 0 Å². The van der Waals surface area contributed by atoms with E-state index in [0.29, 0.717) is 21.9 Å². The van der Waals surface area contributed by atoms with Crippen LogP contribution in [0.15, 0.2) is 0 Å². The molecule has 0 bridgehead atoms. The quantitative estimate of drug-likeness (QED) is 0.173. The van der Waals surface area contributed by atoms with Gasteiger partial charge in [0.2, 0.25) is 0 Å². The van der Waals surface area contributed by atoms with E-state index in [0.717, 1.165) is 13.0 Å². The van der Waals surface area contributed by atoms with Crippen LogP contribution >= 0.6 is 31.9 Å². The van der Waals surface area contributed by atoms with E-state index < -0.39 is 0 Å². The van der Waals surface area contributed by atoms with E-state index in [9.17, 15) is 0 Å². The summed E-state index contributed by atoms with van der Waals surface area (Å²) in [5.41, 5.74) is 0.821. The molecule has 0 aromatic rings. The van der Waals surface area contributed by atoms with Gasteiger partial charge in [0.25, 0.3) is 0 Å². The number of hydrogen-bond donors (Lipinski definition) is 4. The zero-order chi connectivity index (χ0) is 24.2. The Morgan fingerprint density at radius 3 is 1.66 bits per heavy atom. The molecule has 32 heavy (non-hydrogen) atoms. The van der Waals surface area contributed by atoms with Crippen molar-refractivity contribution >= 4 is 31.9 Å². The molecule has 0 aromatic heterocycles. The SMILES string of the molecule is CC1(C)CC(NCCCCCC(CC(Br)Br)NC2CC(C)(C)NC(C)(C)C2)CC(C)(C)N1. The van der Waals surface area contributed by atoms with Crippen LogP contribution in [0.25, 0.3) is 0 Å². The molecule has 2 heterocycles. The highest BCUT2D eigenvalue weighted by molar-refractivity contribution is 9.24. The van der Waals surface area contributed by atoms with E-state index in [2.05, 4.69) is 109 Å². The van der Waals surface area contributed by atoms with Crippen LogP contribution in [0.2, 0.25) is 0 Å². The summed E-state index contributed by atoms with van der Waals surface area (Å²) in [7, 11) is 0. The predicted molar refractivity (Wildman–Crippen MR) is 148 cm³/mol. The van der Waals surface area contributed by atoms with Crippen molar-refractivity contribution in [2.75, 3.05) is 6.54 Å². The predicted octanol–water partition coefficient (Wildman–Crippen LogP) is 6.22. The molecule has 4 nitrogen and oxygen atoms in total. The first-order chi connectivity index (χ1) is 14.6. The smallest absolute Gasteiger partial charge is 0.0712 e. The molecule has 190 valence electrons. The number of rotatable bonds is 11. The molecule has 2 aliphatic heterocycles. The molecule has 0 radical (unpaired) electrons. The van der Waals surface area contributed by atoms with Gasteiger partial charge in [0, 0.05) is 40.3 Å². The van der Waals surface area contributed by atoms with E-state index in [4.69, 9.17) is 0 Å². The van der Waals surface area contributed by atoms with Gasteiger partial charge >= 0.3 is 0 Å². The van der Waals surface area contributed by atoms with E-state index in [1.807, 2.05) is 0 Å². The molecule has 6 heteroatoms. The second-order valence-electron chi connectivity index (χ2n) is 13.3. The van der Waals surface area contributed by atoms with Crippen LogP contribution in [0.3, 0.4) is 0 Å². The van der Waals surface area contributed by atoms with E-state index in [1.165, 1.54) is 51.4 Å². The minimum Gasteiger partial charge on any atom is -0.314 e. The molecular weight excluding hydrogens is 528 g/mol. The van der Waals surface area contributed by atoms with Gasteiger partial charge in [-0.1, -0.05) is 44.7 Å². The first-order valence-electron chi connectivity index (χ1n) is 12.9. The maximum Gasteiger partial charge on any atom is 0.0712 e. The Morgan fingerprint density at radius 1 is 0.719 bits per heavy atom. The van der Waals surface area contributed by atoms with Crippen LogP contribution in [-0.2, 0) is 0 Å². The van der Waals surface area contributed by atoms with E-state index in [-0.39, 0.29) is 22.2 Å². The number of alkyl halides is 2. The first-order valence-corrected chi connectivity index (χ1v) is 14.8.